The molecule has 1 atom stereocenters. The molecule has 0 amide bonds. The van der Waals surface area contributed by atoms with E-state index in [-0.39, 0.29) is 6.04 Å². The van der Waals surface area contributed by atoms with E-state index in [1.807, 2.05) is 6.92 Å². The average Bonchev–Trinajstić information content (AvgIpc) is 2.87. The molecule has 0 bridgehead atoms. The molecule has 0 aliphatic carbocycles. The SMILES string of the molecule is CCCCCCCCCCCCCCCN(CCCCCCCCCCCCCCC)C(C)C(=O)O. The standard InChI is InChI=1S/C33H67NO2/c1-4-6-8-10-12-14-16-18-20-22-24-26-28-30-34(32(3)33(35)36)31-29-27-25-23-21-19-17-15-13-11-9-7-5-2/h32H,4-31H2,1-3H3,(H,35,36). The molecule has 0 heterocycles. The van der Waals surface area contributed by atoms with Crippen LogP contribution in [0.5, 0.6) is 0 Å². The zero-order valence-corrected chi connectivity index (χ0v) is 25.2. The minimum absolute atomic E-state index is 0.348. The highest BCUT2D eigenvalue weighted by Gasteiger charge is 2.19. The van der Waals surface area contributed by atoms with Gasteiger partial charge in [-0.25, -0.2) is 0 Å². The van der Waals surface area contributed by atoms with Gasteiger partial charge in [0.25, 0.3) is 0 Å². The van der Waals surface area contributed by atoms with E-state index < -0.39 is 5.97 Å². The summed E-state index contributed by atoms with van der Waals surface area (Å²) in [5, 5.41) is 9.52. The van der Waals surface area contributed by atoms with Gasteiger partial charge in [0.2, 0.25) is 0 Å². The zero-order valence-electron chi connectivity index (χ0n) is 25.2. The average molecular weight is 510 g/mol. The Kier molecular flexibility index (Phi) is 28.5. The van der Waals surface area contributed by atoms with E-state index in [1.165, 1.54) is 154 Å². The minimum atomic E-state index is -0.667. The lowest BCUT2D eigenvalue weighted by Crippen LogP contribution is -2.40. The predicted molar refractivity (Wildman–Crippen MR) is 160 cm³/mol. The molecule has 1 unspecified atom stereocenters. The van der Waals surface area contributed by atoms with Gasteiger partial charge in [0, 0.05) is 0 Å². The predicted octanol–water partition coefficient (Wildman–Crippen LogP) is 10.9. The Morgan fingerprint density at radius 2 is 0.694 bits per heavy atom. The summed E-state index contributed by atoms with van der Waals surface area (Å²) in [4.78, 5) is 13.8. The van der Waals surface area contributed by atoms with Crippen LogP contribution in [0, 0.1) is 0 Å². The number of carboxylic acids is 1. The van der Waals surface area contributed by atoms with Gasteiger partial charge in [0.15, 0.2) is 0 Å². The molecule has 0 saturated carbocycles. The van der Waals surface area contributed by atoms with E-state index in [2.05, 4.69) is 18.7 Å². The van der Waals surface area contributed by atoms with Gasteiger partial charge in [-0.05, 0) is 32.9 Å². The summed E-state index contributed by atoms with van der Waals surface area (Å²) in [6.45, 7) is 8.33. The number of aliphatic carboxylic acids is 1. The van der Waals surface area contributed by atoms with Crippen molar-refractivity contribution in [2.75, 3.05) is 13.1 Å². The molecule has 0 aliphatic rings. The Morgan fingerprint density at radius 1 is 0.472 bits per heavy atom. The third-order valence-electron chi connectivity index (χ3n) is 8.00. The topological polar surface area (TPSA) is 40.5 Å². The van der Waals surface area contributed by atoms with Gasteiger partial charge in [0.1, 0.15) is 6.04 Å². The molecule has 0 aromatic rings. The highest BCUT2D eigenvalue weighted by atomic mass is 16.4. The molecule has 0 spiro atoms. The second-order valence-corrected chi connectivity index (χ2v) is 11.5. The number of carboxylic acid groups (broad SMARTS) is 1. The third kappa shape index (κ3) is 25.1. The molecule has 36 heavy (non-hydrogen) atoms. The Hall–Kier alpha value is -0.570. The van der Waals surface area contributed by atoms with Gasteiger partial charge in [-0.1, -0.05) is 168 Å². The van der Waals surface area contributed by atoms with Crippen LogP contribution in [-0.4, -0.2) is 35.1 Å². The normalized spacial score (nSPS) is 12.4. The fraction of sp³-hybridized carbons (Fsp3) is 0.970. The fourth-order valence-electron chi connectivity index (χ4n) is 5.32. The summed E-state index contributed by atoms with van der Waals surface area (Å²) in [6, 6.07) is -0.348. The van der Waals surface area contributed by atoms with Crippen molar-refractivity contribution in [3.63, 3.8) is 0 Å². The van der Waals surface area contributed by atoms with Crippen molar-refractivity contribution >= 4 is 5.97 Å². The Bertz CT molecular complexity index is 409. The molecule has 1 N–H and O–H groups in total. The number of hydrogen-bond acceptors (Lipinski definition) is 2. The maximum absolute atomic E-state index is 11.6. The van der Waals surface area contributed by atoms with Crippen molar-refractivity contribution in [3.8, 4) is 0 Å². The second kappa shape index (κ2) is 29.0. The number of nitrogens with zero attached hydrogens (tertiary/aromatic N) is 1. The molecule has 0 aromatic heterocycles. The first kappa shape index (κ1) is 35.4. The lowest BCUT2D eigenvalue weighted by molar-refractivity contribution is -0.142. The van der Waals surface area contributed by atoms with Crippen molar-refractivity contribution in [1.29, 1.82) is 0 Å². The van der Waals surface area contributed by atoms with Crippen molar-refractivity contribution in [3.05, 3.63) is 0 Å². The van der Waals surface area contributed by atoms with Gasteiger partial charge >= 0.3 is 5.97 Å². The molecule has 0 aliphatic heterocycles. The first-order valence-corrected chi connectivity index (χ1v) is 16.6. The molecule has 3 heteroatoms. The van der Waals surface area contributed by atoms with Gasteiger partial charge in [-0.2, -0.15) is 0 Å². The van der Waals surface area contributed by atoms with Crippen molar-refractivity contribution < 1.29 is 9.90 Å². The number of unbranched alkanes of at least 4 members (excludes halogenated alkanes) is 24. The lowest BCUT2D eigenvalue weighted by Gasteiger charge is -2.26. The Balaban J connectivity index is 3.65. The maximum Gasteiger partial charge on any atom is 0.320 e. The van der Waals surface area contributed by atoms with Crippen LogP contribution < -0.4 is 0 Å². The number of rotatable bonds is 30. The van der Waals surface area contributed by atoms with Crippen LogP contribution in [-0.2, 0) is 4.79 Å². The monoisotopic (exact) mass is 510 g/mol. The largest absolute Gasteiger partial charge is 0.480 e. The fourth-order valence-corrected chi connectivity index (χ4v) is 5.32. The van der Waals surface area contributed by atoms with Crippen LogP contribution in [0.15, 0.2) is 0 Å². The van der Waals surface area contributed by atoms with Crippen LogP contribution in [0.2, 0.25) is 0 Å². The van der Waals surface area contributed by atoms with Gasteiger partial charge in [-0.3, -0.25) is 9.69 Å². The molecular weight excluding hydrogens is 442 g/mol. The Morgan fingerprint density at radius 3 is 0.917 bits per heavy atom. The quantitative estimate of drug-likeness (QED) is 0.0978. The molecule has 0 aromatic carbocycles. The first-order chi connectivity index (χ1) is 17.6. The van der Waals surface area contributed by atoms with Crippen LogP contribution >= 0.6 is 0 Å². The number of carbonyl (C=O) groups is 1. The van der Waals surface area contributed by atoms with Gasteiger partial charge in [-0.15, -0.1) is 0 Å². The summed E-state index contributed by atoms with van der Waals surface area (Å²) in [5.41, 5.74) is 0. The molecule has 3 nitrogen and oxygen atoms in total. The van der Waals surface area contributed by atoms with E-state index >= 15 is 0 Å². The summed E-state index contributed by atoms with van der Waals surface area (Å²) in [7, 11) is 0. The highest BCUT2D eigenvalue weighted by Crippen LogP contribution is 2.15. The second-order valence-electron chi connectivity index (χ2n) is 11.5. The van der Waals surface area contributed by atoms with Crippen LogP contribution in [0.25, 0.3) is 0 Å². The summed E-state index contributed by atoms with van der Waals surface area (Å²) in [6.07, 6.45) is 35.4. The summed E-state index contributed by atoms with van der Waals surface area (Å²) >= 11 is 0. The summed E-state index contributed by atoms with van der Waals surface area (Å²) in [5.74, 6) is -0.667. The Labute approximate surface area is 227 Å². The number of hydrogen-bond donors (Lipinski definition) is 1. The van der Waals surface area contributed by atoms with E-state index in [4.69, 9.17) is 0 Å². The van der Waals surface area contributed by atoms with Crippen molar-refractivity contribution in [1.82, 2.24) is 4.90 Å². The minimum Gasteiger partial charge on any atom is -0.480 e. The van der Waals surface area contributed by atoms with E-state index in [0.29, 0.717) is 0 Å². The lowest BCUT2D eigenvalue weighted by atomic mass is 10.0. The molecule has 216 valence electrons. The first-order valence-electron chi connectivity index (χ1n) is 16.6. The maximum atomic E-state index is 11.6. The van der Waals surface area contributed by atoms with Crippen LogP contribution in [0.3, 0.4) is 0 Å². The van der Waals surface area contributed by atoms with E-state index in [0.717, 1.165) is 25.9 Å². The van der Waals surface area contributed by atoms with Crippen molar-refractivity contribution in [2.24, 2.45) is 0 Å². The molecular formula is C33H67NO2. The molecule has 0 rings (SSSR count). The van der Waals surface area contributed by atoms with E-state index in [1.54, 1.807) is 0 Å². The summed E-state index contributed by atoms with van der Waals surface area (Å²) < 4.78 is 0. The third-order valence-corrected chi connectivity index (χ3v) is 8.00. The van der Waals surface area contributed by atoms with Gasteiger partial charge in [0.05, 0.1) is 0 Å². The van der Waals surface area contributed by atoms with Crippen LogP contribution in [0.4, 0.5) is 0 Å². The smallest absolute Gasteiger partial charge is 0.320 e. The zero-order chi connectivity index (χ0) is 26.5. The highest BCUT2D eigenvalue weighted by molar-refractivity contribution is 5.72. The van der Waals surface area contributed by atoms with E-state index in [9.17, 15) is 9.90 Å². The van der Waals surface area contributed by atoms with Crippen LogP contribution in [0.1, 0.15) is 188 Å². The molecule has 0 saturated heterocycles. The van der Waals surface area contributed by atoms with Gasteiger partial charge < -0.3 is 5.11 Å². The molecule has 0 fully saturated rings. The molecule has 0 radical (unpaired) electrons. The van der Waals surface area contributed by atoms with Crippen molar-refractivity contribution in [2.45, 2.75) is 194 Å².